The van der Waals surface area contributed by atoms with E-state index < -0.39 is 15.0 Å². The molecule has 25 heavy (non-hydrogen) atoms. The van der Waals surface area contributed by atoms with E-state index in [0.29, 0.717) is 11.1 Å². The van der Waals surface area contributed by atoms with Crippen LogP contribution in [0.25, 0.3) is 10.9 Å². The van der Waals surface area contributed by atoms with Gasteiger partial charge in [0.1, 0.15) is 10.6 Å². The molecule has 0 aliphatic heterocycles. The number of nitrogens with zero attached hydrogens (tertiary/aromatic N) is 3. The number of aromatic nitrogens is 1. The van der Waals surface area contributed by atoms with E-state index in [-0.39, 0.29) is 51.5 Å². The second-order valence-electron chi connectivity index (χ2n) is 4.77. The van der Waals surface area contributed by atoms with Crippen LogP contribution in [0.1, 0.15) is 0 Å². The van der Waals surface area contributed by atoms with Gasteiger partial charge in [-0.1, -0.05) is 23.4 Å². The minimum absolute atomic E-state index is 0. The Hall–Kier alpha value is -1.55. The van der Waals surface area contributed by atoms with Crippen molar-refractivity contribution in [3.05, 3.63) is 53.7 Å². The first kappa shape index (κ1) is 19.8. The number of halogens is 1. The third kappa shape index (κ3) is 4.35. The van der Waals surface area contributed by atoms with Crippen LogP contribution in [0.4, 0.5) is 11.4 Å². The molecule has 1 heterocycles. The predicted molar refractivity (Wildman–Crippen MR) is 86.6 cm³/mol. The van der Waals surface area contributed by atoms with Crippen LogP contribution in [-0.2, 0) is 10.1 Å². The number of benzene rings is 2. The molecule has 0 bridgehead atoms. The topological polar surface area (TPSA) is 115 Å². The summed E-state index contributed by atoms with van der Waals surface area (Å²) < 4.78 is 32.0. The monoisotopic (exact) mass is 385 g/mol. The van der Waals surface area contributed by atoms with E-state index in [1.165, 1.54) is 30.5 Å². The molecule has 1 N–H and O–H groups in total. The summed E-state index contributed by atoms with van der Waals surface area (Å²) in [5, 5.41) is 20.3. The maximum atomic E-state index is 11.8. The van der Waals surface area contributed by atoms with Gasteiger partial charge < -0.3 is 5.11 Å². The molecule has 10 heteroatoms. The van der Waals surface area contributed by atoms with Crippen LogP contribution in [0.15, 0.2) is 63.8 Å². The van der Waals surface area contributed by atoms with Crippen molar-refractivity contribution in [1.82, 2.24) is 4.98 Å². The normalized spacial score (nSPS) is 11.6. The maximum absolute atomic E-state index is 11.8. The number of fused-ring (bicyclic) bond motifs is 1. The van der Waals surface area contributed by atoms with Crippen LogP contribution >= 0.6 is 11.6 Å². The Balaban J connectivity index is 0.00000225. The van der Waals surface area contributed by atoms with Gasteiger partial charge >= 0.3 is 29.6 Å². The van der Waals surface area contributed by atoms with E-state index in [4.69, 9.17) is 11.6 Å². The van der Waals surface area contributed by atoms with Crippen molar-refractivity contribution in [3.8, 4) is 5.75 Å². The molecule has 1 aromatic heterocycles. The first-order valence-electron chi connectivity index (χ1n) is 6.60. The van der Waals surface area contributed by atoms with Crippen molar-refractivity contribution in [1.29, 1.82) is 0 Å². The van der Waals surface area contributed by atoms with Crippen molar-refractivity contribution in [2.45, 2.75) is 4.90 Å². The molecule has 0 saturated heterocycles. The number of hydrogen-bond acceptors (Lipinski definition) is 6. The van der Waals surface area contributed by atoms with Gasteiger partial charge in [-0.2, -0.15) is 8.42 Å². The number of rotatable bonds is 3. The van der Waals surface area contributed by atoms with Crippen molar-refractivity contribution >= 4 is 44.0 Å². The van der Waals surface area contributed by atoms with Crippen LogP contribution in [0.5, 0.6) is 5.75 Å². The van der Waals surface area contributed by atoms with Gasteiger partial charge in [0.2, 0.25) is 0 Å². The Morgan fingerprint density at radius 2 is 1.80 bits per heavy atom. The van der Waals surface area contributed by atoms with E-state index in [9.17, 15) is 18.1 Å². The minimum atomic E-state index is -4.48. The molecule has 3 rings (SSSR count). The third-order valence-corrected chi connectivity index (χ3v) is 4.31. The van der Waals surface area contributed by atoms with Crippen LogP contribution in [-0.4, -0.2) is 18.0 Å². The van der Waals surface area contributed by atoms with Gasteiger partial charge in [-0.25, -0.2) is 0 Å². The summed E-state index contributed by atoms with van der Waals surface area (Å²) in [6.07, 6.45) is 1.48. The molecule has 0 aliphatic carbocycles. The minimum Gasteiger partial charge on any atom is -0.871 e. The summed E-state index contributed by atoms with van der Waals surface area (Å²) in [7, 11) is -4.48. The Bertz CT molecular complexity index is 1070. The summed E-state index contributed by atoms with van der Waals surface area (Å²) in [6, 6.07) is 9.75. The molecule has 2 aromatic carbocycles. The average Bonchev–Trinajstić information content (AvgIpc) is 2.53. The summed E-state index contributed by atoms with van der Waals surface area (Å²) in [5.74, 6) is -0.258. The summed E-state index contributed by atoms with van der Waals surface area (Å²) in [6.45, 7) is 0. The molecule has 0 spiro atoms. The predicted octanol–water partition coefficient (Wildman–Crippen LogP) is 0.628. The summed E-state index contributed by atoms with van der Waals surface area (Å²) in [5.41, 5.74) is 0.447. The van der Waals surface area contributed by atoms with Crippen molar-refractivity contribution in [2.24, 2.45) is 10.2 Å². The first-order chi connectivity index (χ1) is 11.4. The number of azo groups is 1. The van der Waals surface area contributed by atoms with Gasteiger partial charge in [0.15, 0.2) is 0 Å². The Kier molecular flexibility index (Phi) is 6.15. The van der Waals surface area contributed by atoms with Crippen LogP contribution < -0.4 is 34.7 Å². The molecule has 0 saturated carbocycles. The number of pyridine rings is 1. The Labute approximate surface area is 170 Å². The second kappa shape index (κ2) is 7.77. The van der Waals surface area contributed by atoms with Crippen molar-refractivity contribution in [2.75, 3.05) is 0 Å². The van der Waals surface area contributed by atoms with Gasteiger partial charge in [-0.3, -0.25) is 9.54 Å². The van der Waals surface area contributed by atoms with Crippen molar-refractivity contribution < 1.29 is 47.6 Å². The smallest absolute Gasteiger partial charge is 0.871 e. The Morgan fingerprint density at radius 3 is 2.52 bits per heavy atom. The van der Waals surface area contributed by atoms with Crippen molar-refractivity contribution in [3.63, 3.8) is 0 Å². The molecule has 0 amide bonds. The summed E-state index contributed by atoms with van der Waals surface area (Å²) in [4.78, 5) is 3.58. The molecule has 122 valence electrons. The standard InChI is InChI=1S/C15H10ClN3O4S.Na/c16-9-3-6-14(24(21,22)23)12(8-9)19-18-11-4-5-13(20)15-10(11)2-1-7-17-15;/h1-8,20H,(H,21,22,23);/q;+1/p-1. The fourth-order valence-electron chi connectivity index (χ4n) is 2.11. The first-order valence-corrected chi connectivity index (χ1v) is 8.41. The average molecular weight is 386 g/mol. The summed E-state index contributed by atoms with van der Waals surface area (Å²) >= 11 is 5.84. The molecule has 3 aromatic rings. The quantitative estimate of drug-likeness (QED) is 0.403. The Morgan fingerprint density at radius 1 is 1.08 bits per heavy atom. The molecular formula is C15H9ClN3NaO4S. The largest absolute Gasteiger partial charge is 1.00 e. The molecule has 0 atom stereocenters. The molecule has 0 fully saturated rings. The second-order valence-corrected chi connectivity index (χ2v) is 6.60. The van der Waals surface area contributed by atoms with E-state index in [0.717, 1.165) is 6.07 Å². The molecule has 7 nitrogen and oxygen atoms in total. The van der Waals surface area contributed by atoms with Gasteiger partial charge in [0.25, 0.3) is 10.1 Å². The number of hydrogen-bond donors (Lipinski definition) is 1. The van der Waals surface area contributed by atoms with Gasteiger partial charge in [-0.15, -0.1) is 10.2 Å². The molecule has 0 aliphatic rings. The van der Waals surface area contributed by atoms with E-state index in [2.05, 4.69) is 15.2 Å². The zero-order valence-electron chi connectivity index (χ0n) is 12.9. The zero-order valence-corrected chi connectivity index (χ0v) is 16.5. The van der Waals surface area contributed by atoms with Crippen LogP contribution in [0.2, 0.25) is 5.02 Å². The van der Waals surface area contributed by atoms with Gasteiger partial charge in [-0.05, 0) is 36.4 Å². The fourth-order valence-corrected chi connectivity index (χ4v) is 2.88. The fraction of sp³-hybridized carbons (Fsp3) is 0. The van der Waals surface area contributed by atoms with E-state index >= 15 is 0 Å². The maximum Gasteiger partial charge on any atom is 1.00 e. The van der Waals surface area contributed by atoms with Crippen LogP contribution in [0.3, 0.4) is 0 Å². The van der Waals surface area contributed by atoms with E-state index in [1.807, 2.05) is 0 Å². The third-order valence-electron chi connectivity index (χ3n) is 3.17. The SMILES string of the molecule is O=S(=O)(O)c1ccc(Cl)cc1N=Nc1ccc([O-])c2ncccc12.[Na+]. The molecular weight excluding hydrogens is 377 g/mol. The van der Waals surface area contributed by atoms with E-state index in [1.54, 1.807) is 12.1 Å². The molecule has 0 unspecified atom stereocenters. The van der Waals surface area contributed by atoms with Crippen LogP contribution in [0, 0.1) is 0 Å². The van der Waals surface area contributed by atoms with Gasteiger partial charge in [0, 0.05) is 16.6 Å². The molecule has 0 radical (unpaired) electrons. The zero-order chi connectivity index (χ0) is 17.3. The van der Waals surface area contributed by atoms with Gasteiger partial charge in [0.05, 0.1) is 11.2 Å².